The van der Waals surface area contributed by atoms with Crippen LogP contribution in [-0.2, 0) is 9.53 Å². The summed E-state index contributed by atoms with van der Waals surface area (Å²) in [4.78, 5) is 24.3. The lowest BCUT2D eigenvalue weighted by molar-refractivity contribution is -0.111. The van der Waals surface area contributed by atoms with E-state index in [4.69, 9.17) is 9.29 Å². The molecular formula is C10H18BNO4S. The summed E-state index contributed by atoms with van der Waals surface area (Å²) in [6.07, 6.45) is 1.02. The molecule has 0 unspecified atom stereocenters. The number of ether oxygens (including phenoxy) is 1. The van der Waals surface area contributed by atoms with Crippen molar-refractivity contribution in [1.82, 2.24) is 4.90 Å². The summed E-state index contributed by atoms with van der Waals surface area (Å²) in [7, 11) is 0. The highest BCUT2D eigenvalue weighted by atomic mass is 32.2. The van der Waals surface area contributed by atoms with Crippen LogP contribution in [0.25, 0.3) is 0 Å². The Morgan fingerprint density at radius 1 is 1.59 bits per heavy atom. The molecule has 7 heteroatoms. The van der Waals surface area contributed by atoms with Gasteiger partial charge in [0.2, 0.25) is 6.56 Å². The first-order valence-electron chi connectivity index (χ1n) is 5.60. The minimum absolute atomic E-state index is 0.00928. The van der Waals surface area contributed by atoms with Crippen LogP contribution >= 0.6 is 11.9 Å². The van der Waals surface area contributed by atoms with Crippen molar-refractivity contribution < 1.29 is 18.9 Å². The number of hydrogen-bond donors (Lipinski definition) is 1. The van der Waals surface area contributed by atoms with Crippen LogP contribution in [-0.4, -0.2) is 46.6 Å². The topological polar surface area (TPSA) is 66.8 Å². The zero-order valence-electron chi connectivity index (χ0n) is 10.4. The van der Waals surface area contributed by atoms with Gasteiger partial charge in [0.15, 0.2) is 0 Å². The Morgan fingerprint density at radius 3 is 2.71 bits per heavy atom. The molecule has 0 spiro atoms. The third-order valence-corrected chi connectivity index (χ3v) is 3.22. The maximum atomic E-state index is 11.9. The van der Waals surface area contributed by atoms with E-state index >= 15 is 0 Å². The van der Waals surface area contributed by atoms with Crippen LogP contribution in [0, 0.1) is 0 Å². The highest BCUT2D eigenvalue weighted by molar-refractivity contribution is 8.18. The van der Waals surface area contributed by atoms with Crippen molar-refractivity contribution >= 4 is 30.8 Å². The van der Waals surface area contributed by atoms with Crippen molar-refractivity contribution in [3.63, 3.8) is 0 Å². The van der Waals surface area contributed by atoms with Gasteiger partial charge in [0.25, 0.3) is 0 Å². The summed E-state index contributed by atoms with van der Waals surface area (Å²) in [5, 5.41) is 0. The largest absolute Gasteiger partial charge is 0.444 e. The van der Waals surface area contributed by atoms with E-state index in [0.717, 1.165) is 12.7 Å². The summed E-state index contributed by atoms with van der Waals surface area (Å²) in [6, 6.07) is -0.482. The highest BCUT2D eigenvalue weighted by Crippen LogP contribution is 2.30. The van der Waals surface area contributed by atoms with E-state index in [1.54, 1.807) is 20.8 Å². The van der Waals surface area contributed by atoms with Gasteiger partial charge in [-0.3, -0.25) is 4.90 Å². The van der Waals surface area contributed by atoms with E-state index in [2.05, 4.69) is 0 Å². The fourth-order valence-corrected chi connectivity index (χ4v) is 2.43. The number of amides is 1. The van der Waals surface area contributed by atoms with E-state index in [0.29, 0.717) is 25.0 Å². The molecule has 1 rings (SSSR count). The molecule has 96 valence electrons. The molecule has 5 nitrogen and oxygen atoms in total. The van der Waals surface area contributed by atoms with Gasteiger partial charge < -0.3 is 14.1 Å². The van der Waals surface area contributed by atoms with Gasteiger partial charge in [-0.15, -0.1) is 0 Å². The lowest BCUT2D eigenvalue weighted by atomic mass is 9.80. The number of aldehydes is 1. The Bertz CT molecular complexity index is 295. The minimum Gasteiger partial charge on any atom is -0.444 e. The second-order valence-electron chi connectivity index (χ2n) is 5.14. The Labute approximate surface area is 106 Å². The van der Waals surface area contributed by atoms with Gasteiger partial charge in [-0.25, -0.2) is 4.79 Å². The van der Waals surface area contributed by atoms with Crippen LogP contribution in [0.3, 0.4) is 0 Å². The van der Waals surface area contributed by atoms with E-state index in [9.17, 15) is 9.59 Å². The molecule has 1 amide bonds. The van der Waals surface area contributed by atoms with Gasteiger partial charge >= 0.3 is 6.09 Å². The first kappa shape index (κ1) is 14.4. The third kappa shape index (κ3) is 3.92. The molecule has 0 radical (unpaired) electrons. The summed E-state index contributed by atoms with van der Waals surface area (Å²) >= 11 is 0.707. The molecule has 1 N–H and O–H groups in total. The van der Waals surface area contributed by atoms with Crippen molar-refractivity contribution in [3.05, 3.63) is 0 Å². The van der Waals surface area contributed by atoms with Crippen molar-refractivity contribution in [2.24, 2.45) is 0 Å². The first-order valence-corrected chi connectivity index (χ1v) is 6.54. The summed E-state index contributed by atoms with van der Waals surface area (Å²) in [6.45, 7) is 6.33. The molecule has 1 fully saturated rings. The van der Waals surface area contributed by atoms with Gasteiger partial charge in [0, 0.05) is 6.54 Å². The Hall–Kier alpha value is -0.685. The second kappa shape index (κ2) is 5.77. The molecule has 0 saturated carbocycles. The third-order valence-electron chi connectivity index (χ3n) is 2.64. The zero-order chi connectivity index (χ0) is 13.1. The quantitative estimate of drug-likeness (QED) is 0.473. The fraction of sp³-hybridized carbons (Fsp3) is 0.800. The second-order valence-corrected chi connectivity index (χ2v) is 5.74. The van der Waals surface area contributed by atoms with Gasteiger partial charge in [-0.05, 0) is 33.0 Å². The van der Waals surface area contributed by atoms with Crippen LogP contribution < -0.4 is 0 Å². The number of rotatable bonds is 3. The van der Waals surface area contributed by atoms with E-state index in [1.165, 1.54) is 4.90 Å². The van der Waals surface area contributed by atoms with Crippen LogP contribution in [0.15, 0.2) is 0 Å². The van der Waals surface area contributed by atoms with Gasteiger partial charge in [-0.2, -0.15) is 0 Å². The zero-order valence-corrected chi connectivity index (χ0v) is 11.2. The molecule has 2 atom stereocenters. The van der Waals surface area contributed by atoms with Crippen LogP contribution in [0.4, 0.5) is 4.79 Å². The number of hydrogen-bond acceptors (Lipinski definition) is 5. The van der Waals surface area contributed by atoms with Crippen molar-refractivity contribution in [1.29, 1.82) is 0 Å². The van der Waals surface area contributed by atoms with E-state index in [1.807, 2.05) is 0 Å². The van der Waals surface area contributed by atoms with E-state index in [-0.39, 0.29) is 5.82 Å². The SMILES string of the molecule is CC(C)(C)OC(=O)N1CC[C@H](BSO)[C@H]1C=O. The molecule has 1 aliphatic heterocycles. The predicted octanol–water partition coefficient (Wildman–Crippen LogP) is 1.54. The summed E-state index contributed by atoms with van der Waals surface area (Å²) < 4.78 is 14.1. The van der Waals surface area contributed by atoms with Crippen molar-refractivity contribution in [2.75, 3.05) is 6.54 Å². The Morgan fingerprint density at radius 2 is 2.24 bits per heavy atom. The number of carbonyl (C=O) groups is 2. The van der Waals surface area contributed by atoms with Crippen LogP contribution in [0.1, 0.15) is 27.2 Å². The summed E-state index contributed by atoms with van der Waals surface area (Å²) in [5.41, 5.74) is -0.561. The molecule has 0 aliphatic carbocycles. The predicted molar refractivity (Wildman–Crippen MR) is 68.5 cm³/mol. The molecule has 0 aromatic rings. The molecule has 0 aromatic heterocycles. The maximum absolute atomic E-state index is 11.9. The van der Waals surface area contributed by atoms with Crippen LogP contribution in [0.5, 0.6) is 0 Å². The van der Waals surface area contributed by atoms with Gasteiger partial charge in [0.05, 0.1) is 6.04 Å². The maximum Gasteiger partial charge on any atom is 0.410 e. The minimum atomic E-state index is -0.561. The average molecular weight is 259 g/mol. The Kier molecular flexibility index (Phi) is 4.88. The number of likely N-dealkylation sites (tertiary alicyclic amines) is 1. The standard InChI is InChI=1S/C10H18BNO4S/c1-10(2,3)16-9(14)12-5-4-7(11-17-15)8(12)6-13/h6-8,11,15H,4-5H2,1-3H3/t7-,8+/m0/s1. The molecule has 17 heavy (non-hydrogen) atoms. The molecule has 0 aromatic carbocycles. The smallest absolute Gasteiger partial charge is 0.410 e. The highest BCUT2D eigenvalue weighted by Gasteiger charge is 2.39. The number of carbonyl (C=O) groups excluding carboxylic acids is 2. The molecule has 1 heterocycles. The molecule has 0 bridgehead atoms. The lowest BCUT2D eigenvalue weighted by Crippen LogP contribution is -2.41. The van der Waals surface area contributed by atoms with E-state index < -0.39 is 17.7 Å². The van der Waals surface area contributed by atoms with Gasteiger partial charge in [0.1, 0.15) is 11.9 Å². The monoisotopic (exact) mass is 259 g/mol. The average Bonchev–Trinajstić information content (AvgIpc) is 2.58. The first-order chi connectivity index (χ1) is 7.89. The molecule has 1 aliphatic rings. The van der Waals surface area contributed by atoms with Gasteiger partial charge in [-0.1, -0.05) is 11.9 Å². The molecular weight excluding hydrogens is 241 g/mol. The van der Waals surface area contributed by atoms with Crippen LogP contribution in [0.2, 0.25) is 5.82 Å². The molecule has 1 saturated heterocycles. The van der Waals surface area contributed by atoms with Crippen molar-refractivity contribution in [3.8, 4) is 0 Å². The Balaban J connectivity index is 2.65. The lowest BCUT2D eigenvalue weighted by Gasteiger charge is -2.27. The summed E-state index contributed by atoms with van der Waals surface area (Å²) in [5.74, 6) is 0.00928. The number of nitrogens with zero attached hydrogens (tertiary/aromatic N) is 1. The fourth-order valence-electron chi connectivity index (χ4n) is 1.88. The van der Waals surface area contributed by atoms with Crippen molar-refractivity contribution in [2.45, 2.75) is 44.7 Å². The normalized spacial score (nSPS) is 24.6.